The maximum absolute atomic E-state index is 11.6. The molecule has 2 heterocycles. The Bertz CT molecular complexity index is 587. The van der Waals surface area contributed by atoms with Crippen LogP contribution in [0.5, 0.6) is 0 Å². The van der Waals surface area contributed by atoms with Crippen molar-refractivity contribution in [1.29, 1.82) is 0 Å². The number of ether oxygens (including phenoxy) is 1. The van der Waals surface area contributed by atoms with Gasteiger partial charge in [0.05, 0.1) is 5.69 Å². The zero-order valence-electron chi connectivity index (χ0n) is 9.53. The Morgan fingerprint density at radius 3 is 3.00 bits per heavy atom. The Morgan fingerprint density at radius 1 is 1.61 bits per heavy atom. The maximum Gasteiger partial charge on any atom is 0.361 e. The summed E-state index contributed by atoms with van der Waals surface area (Å²) in [5.41, 5.74) is 6.01. The molecule has 0 unspecified atom stereocenters. The maximum atomic E-state index is 11.6. The van der Waals surface area contributed by atoms with E-state index in [9.17, 15) is 4.79 Å². The molecule has 0 aliphatic rings. The van der Waals surface area contributed by atoms with Crippen LogP contribution in [0.15, 0.2) is 17.3 Å². The normalized spacial score (nSPS) is 10.3. The Labute approximate surface area is 101 Å². The third-order valence-electron chi connectivity index (χ3n) is 2.12. The zero-order valence-corrected chi connectivity index (χ0v) is 9.53. The van der Waals surface area contributed by atoms with Crippen molar-refractivity contribution >= 4 is 11.8 Å². The summed E-state index contributed by atoms with van der Waals surface area (Å²) in [7, 11) is 0. The van der Waals surface area contributed by atoms with Crippen molar-refractivity contribution in [2.24, 2.45) is 0 Å². The lowest BCUT2D eigenvalue weighted by molar-refractivity contribution is 0.0542. The summed E-state index contributed by atoms with van der Waals surface area (Å²) in [6, 6.07) is 0. The molecule has 0 amide bonds. The first-order valence-electron chi connectivity index (χ1n) is 4.94. The number of esters is 1. The number of nitrogens with two attached hydrogens (primary N) is 1. The van der Waals surface area contributed by atoms with E-state index in [2.05, 4.69) is 31.8 Å². The molecule has 94 valence electrons. The van der Waals surface area contributed by atoms with Gasteiger partial charge in [0.15, 0.2) is 5.69 Å². The highest BCUT2D eigenvalue weighted by atomic mass is 16.6. The van der Waals surface area contributed by atoms with Crippen LogP contribution < -0.4 is 5.73 Å². The number of carbonyl (C=O) groups excluding carboxylic acids is 1. The van der Waals surface area contributed by atoms with E-state index in [1.54, 1.807) is 6.92 Å². The van der Waals surface area contributed by atoms with E-state index in [0.29, 0.717) is 5.69 Å². The SMILES string of the molecule is C=CCOC(=O)c1nnn(-c2nonc2N)c1C. The molecule has 0 fully saturated rings. The Balaban J connectivity index is 2.32. The Kier molecular flexibility index (Phi) is 3.04. The number of hydrogen-bond acceptors (Lipinski definition) is 8. The van der Waals surface area contributed by atoms with Crippen LogP contribution in [0.1, 0.15) is 16.2 Å². The minimum atomic E-state index is -0.603. The molecule has 9 nitrogen and oxygen atoms in total. The zero-order chi connectivity index (χ0) is 13.1. The first-order valence-corrected chi connectivity index (χ1v) is 4.94. The summed E-state index contributed by atoms with van der Waals surface area (Å²) in [4.78, 5) is 11.6. The molecule has 9 heteroatoms. The molecule has 18 heavy (non-hydrogen) atoms. The second-order valence-corrected chi connectivity index (χ2v) is 3.30. The summed E-state index contributed by atoms with van der Waals surface area (Å²) in [6.45, 7) is 5.16. The highest BCUT2D eigenvalue weighted by Gasteiger charge is 2.21. The summed E-state index contributed by atoms with van der Waals surface area (Å²) < 4.78 is 10.5. The predicted octanol–water partition coefficient (Wildman–Crippen LogP) is -0.116. The third kappa shape index (κ3) is 1.93. The van der Waals surface area contributed by atoms with Crippen LogP contribution >= 0.6 is 0 Å². The fourth-order valence-corrected chi connectivity index (χ4v) is 1.26. The van der Waals surface area contributed by atoms with Crippen LogP contribution in [-0.4, -0.2) is 37.9 Å². The van der Waals surface area contributed by atoms with Crippen LogP contribution in [0.4, 0.5) is 5.82 Å². The van der Waals surface area contributed by atoms with Gasteiger partial charge in [-0.15, -0.1) is 5.10 Å². The Morgan fingerprint density at radius 2 is 2.39 bits per heavy atom. The van der Waals surface area contributed by atoms with E-state index in [-0.39, 0.29) is 23.9 Å². The molecule has 2 aromatic heterocycles. The molecule has 2 aromatic rings. The number of anilines is 1. The molecule has 0 saturated heterocycles. The molecule has 0 radical (unpaired) electrons. The number of carbonyl (C=O) groups is 1. The first kappa shape index (κ1) is 11.8. The van der Waals surface area contributed by atoms with E-state index in [1.165, 1.54) is 10.8 Å². The number of aromatic nitrogens is 5. The predicted molar refractivity (Wildman–Crippen MR) is 58.8 cm³/mol. The van der Waals surface area contributed by atoms with Crippen molar-refractivity contribution < 1.29 is 14.2 Å². The van der Waals surface area contributed by atoms with E-state index < -0.39 is 5.97 Å². The summed E-state index contributed by atoms with van der Waals surface area (Å²) in [6.07, 6.45) is 1.46. The number of nitrogen functional groups attached to an aromatic ring is 1. The smallest absolute Gasteiger partial charge is 0.361 e. The molecular formula is C9H10N6O3. The van der Waals surface area contributed by atoms with Crippen molar-refractivity contribution in [3.8, 4) is 5.82 Å². The van der Waals surface area contributed by atoms with Gasteiger partial charge in [-0.3, -0.25) is 0 Å². The highest BCUT2D eigenvalue weighted by molar-refractivity contribution is 5.88. The van der Waals surface area contributed by atoms with Crippen LogP contribution in [0.25, 0.3) is 5.82 Å². The molecule has 0 atom stereocenters. The quantitative estimate of drug-likeness (QED) is 0.588. The van der Waals surface area contributed by atoms with Gasteiger partial charge in [0.2, 0.25) is 11.6 Å². The molecule has 2 N–H and O–H groups in total. The van der Waals surface area contributed by atoms with Gasteiger partial charge >= 0.3 is 5.97 Å². The fraction of sp³-hybridized carbons (Fsp3) is 0.222. The van der Waals surface area contributed by atoms with Gasteiger partial charge in [-0.05, 0) is 17.2 Å². The van der Waals surface area contributed by atoms with Gasteiger partial charge in [-0.25, -0.2) is 9.42 Å². The van der Waals surface area contributed by atoms with Crippen LogP contribution in [0, 0.1) is 6.92 Å². The molecule has 2 rings (SSSR count). The number of hydrogen-bond donors (Lipinski definition) is 1. The van der Waals surface area contributed by atoms with Crippen molar-refractivity contribution in [1.82, 2.24) is 25.3 Å². The van der Waals surface area contributed by atoms with Crippen molar-refractivity contribution in [3.63, 3.8) is 0 Å². The second kappa shape index (κ2) is 4.65. The topological polar surface area (TPSA) is 122 Å². The first-order chi connectivity index (χ1) is 8.65. The lowest BCUT2D eigenvalue weighted by atomic mass is 10.3. The third-order valence-corrected chi connectivity index (χ3v) is 2.12. The number of rotatable bonds is 4. The van der Waals surface area contributed by atoms with Crippen LogP contribution in [0.3, 0.4) is 0 Å². The lowest BCUT2D eigenvalue weighted by Gasteiger charge is -2.00. The van der Waals surface area contributed by atoms with E-state index in [0.717, 1.165) is 0 Å². The van der Waals surface area contributed by atoms with Crippen molar-refractivity contribution in [2.75, 3.05) is 12.3 Å². The van der Waals surface area contributed by atoms with Crippen molar-refractivity contribution in [2.45, 2.75) is 6.92 Å². The van der Waals surface area contributed by atoms with E-state index >= 15 is 0 Å². The second-order valence-electron chi connectivity index (χ2n) is 3.30. The van der Waals surface area contributed by atoms with Gasteiger partial charge in [-0.2, -0.15) is 4.68 Å². The van der Waals surface area contributed by atoms with Crippen molar-refractivity contribution in [3.05, 3.63) is 24.0 Å². The highest BCUT2D eigenvalue weighted by Crippen LogP contribution is 2.14. The standard InChI is InChI=1S/C9H10N6O3/c1-3-4-17-9(16)6-5(2)15(14-11-6)8-7(10)12-18-13-8/h3H,1,4H2,2H3,(H2,10,12). The van der Waals surface area contributed by atoms with Gasteiger partial charge in [0.1, 0.15) is 6.61 Å². The molecule has 0 saturated carbocycles. The molecule has 0 spiro atoms. The van der Waals surface area contributed by atoms with E-state index in [4.69, 9.17) is 10.5 Å². The molecule has 0 aliphatic carbocycles. The Hall–Kier alpha value is -2.71. The summed E-state index contributed by atoms with van der Waals surface area (Å²) >= 11 is 0. The average molecular weight is 250 g/mol. The lowest BCUT2D eigenvalue weighted by Crippen LogP contribution is -2.08. The van der Waals surface area contributed by atoms with Gasteiger partial charge < -0.3 is 10.5 Å². The van der Waals surface area contributed by atoms with Gasteiger partial charge in [-0.1, -0.05) is 17.9 Å². The monoisotopic (exact) mass is 250 g/mol. The number of nitrogens with zero attached hydrogens (tertiary/aromatic N) is 5. The molecule has 0 aromatic carbocycles. The summed E-state index contributed by atoms with van der Waals surface area (Å²) in [5.74, 6) is -0.384. The molecular weight excluding hydrogens is 240 g/mol. The van der Waals surface area contributed by atoms with Gasteiger partial charge in [0, 0.05) is 0 Å². The summed E-state index contributed by atoms with van der Waals surface area (Å²) in [5, 5.41) is 14.4. The van der Waals surface area contributed by atoms with Crippen LogP contribution in [-0.2, 0) is 4.74 Å². The average Bonchev–Trinajstić information content (AvgIpc) is 2.92. The minimum absolute atomic E-state index is 0.0500. The fourth-order valence-electron chi connectivity index (χ4n) is 1.26. The molecule has 0 aliphatic heterocycles. The van der Waals surface area contributed by atoms with Crippen LogP contribution in [0.2, 0.25) is 0 Å². The van der Waals surface area contributed by atoms with Gasteiger partial charge in [0.25, 0.3) is 0 Å². The largest absolute Gasteiger partial charge is 0.457 e. The minimum Gasteiger partial charge on any atom is -0.457 e. The molecule has 0 bridgehead atoms. The van der Waals surface area contributed by atoms with E-state index in [1.807, 2.05) is 0 Å².